The van der Waals surface area contributed by atoms with Crippen molar-refractivity contribution in [2.45, 2.75) is 0 Å². The highest BCUT2D eigenvalue weighted by molar-refractivity contribution is 6.13. The zero-order chi connectivity index (χ0) is 33.7. The predicted octanol–water partition coefficient (Wildman–Crippen LogP) is 12.7. The Morgan fingerprint density at radius 3 is 1.51 bits per heavy atom. The molecule has 5 nitrogen and oxygen atoms in total. The van der Waals surface area contributed by atoms with Crippen LogP contribution in [0.15, 0.2) is 185 Å². The molecule has 10 aromatic rings. The first kappa shape index (κ1) is 29.0. The van der Waals surface area contributed by atoms with Crippen molar-refractivity contribution in [1.29, 1.82) is 0 Å². The fourth-order valence-electron chi connectivity index (χ4n) is 7.08. The molecule has 0 aliphatic heterocycles. The second-order valence-electron chi connectivity index (χ2n) is 12.6. The Kier molecular flexibility index (Phi) is 6.74. The first-order valence-corrected chi connectivity index (χ1v) is 17.0. The Bertz CT molecular complexity index is 2700. The van der Waals surface area contributed by atoms with E-state index in [1.807, 2.05) is 72.8 Å². The lowest BCUT2D eigenvalue weighted by molar-refractivity contribution is 0.619. The van der Waals surface area contributed by atoms with E-state index < -0.39 is 0 Å². The molecule has 0 saturated heterocycles. The molecule has 240 valence electrons. The molecule has 2 aromatic heterocycles. The quantitative estimate of drug-likeness (QED) is 0.167. The summed E-state index contributed by atoms with van der Waals surface area (Å²) in [6.07, 6.45) is 0. The van der Waals surface area contributed by atoms with Crippen LogP contribution in [0.1, 0.15) is 0 Å². The molecular formula is C46H29N3O2. The highest BCUT2D eigenvalue weighted by Gasteiger charge is 2.18. The second-order valence-corrected chi connectivity index (χ2v) is 12.6. The minimum atomic E-state index is 0.580. The van der Waals surface area contributed by atoms with Crippen molar-refractivity contribution in [2.75, 3.05) is 4.90 Å². The van der Waals surface area contributed by atoms with Crippen LogP contribution >= 0.6 is 0 Å². The van der Waals surface area contributed by atoms with Gasteiger partial charge in [-0.15, -0.1) is 0 Å². The Hall–Kier alpha value is -6.98. The minimum absolute atomic E-state index is 0.580. The van der Waals surface area contributed by atoms with Crippen molar-refractivity contribution >= 4 is 60.8 Å². The van der Waals surface area contributed by atoms with Crippen molar-refractivity contribution in [3.8, 4) is 34.0 Å². The number of aromatic nitrogens is 2. The molecular weight excluding hydrogens is 627 g/mol. The molecule has 0 fully saturated rings. The monoisotopic (exact) mass is 655 g/mol. The summed E-state index contributed by atoms with van der Waals surface area (Å²) in [5.74, 6) is 1.16. The Morgan fingerprint density at radius 1 is 0.373 bits per heavy atom. The number of hydrogen-bond donors (Lipinski definition) is 0. The van der Waals surface area contributed by atoms with Gasteiger partial charge in [0.15, 0.2) is 11.2 Å². The number of rotatable bonds is 6. The van der Waals surface area contributed by atoms with Crippen molar-refractivity contribution in [3.63, 3.8) is 0 Å². The largest absolute Gasteiger partial charge is 0.436 e. The third-order valence-electron chi connectivity index (χ3n) is 9.49. The Labute approximate surface area is 293 Å². The van der Waals surface area contributed by atoms with Crippen LogP contribution in [0.2, 0.25) is 0 Å². The fourth-order valence-corrected chi connectivity index (χ4v) is 7.08. The van der Waals surface area contributed by atoms with Crippen LogP contribution in [-0.2, 0) is 0 Å². The lowest BCUT2D eigenvalue weighted by Crippen LogP contribution is -2.10. The SMILES string of the molecule is c1cc(-c2nc3ccccc3o2)cc(N(c2ccc(-c3cc4ccccc4c4ccccc34)cc2)c2cccc(-c3nc4ccccc4o3)c2)c1. The van der Waals surface area contributed by atoms with Gasteiger partial charge in [0, 0.05) is 28.2 Å². The molecule has 2 heterocycles. The lowest BCUT2D eigenvalue weighted by Gasteiger charge is -2.26. The molecule has 5 heteroatoms. The van der Waals surface area contributed by atoms with E-state index >= 15 is 0 Å². The molecule has 0 bridgehead atoms. The van der Waals surface area contributed by atoms with E-state index in [0.29, 0.717) is 11.8 Å². The van der Waals surface area contributed by atoms with Crippen molar-refractivity contribution in [1.82, 2.24) is 9.97 Å². The van der Waals surface area contributed by atoms with Gasteiger partial charge in [0.25, 0.3) is 0 Å². The maximum absolute atomic E-state index is 6.19. The maximum Gasteiger partial charge on any atom is 0.227 e. The number of benzene rings is 8. The fraction of sp³-hybridized carbons (Fsp3) is 0. The van der Waals surface area contributed by atoms with E-state index in [1.165, 1.54) is 27.1 Å². The van der Waals surface area contributed by atoms with E-state index in [-0.39, 0.29) is 0 Å². The van der Waals surface area contributed by atoms with Gasteiger partial charge in [0.1, 0.15) is 11.0 Å². The zero-order valence-corrected chi connectivity index (χ0v) is 27.4. The standard InChI is InChI=1S/C46H29N3O2/c1-2-16-37-31(11-1)29-40(39-18-4-3-17-38(37)39)30-23-25-34(26-24-30)49(35-14-9-12-32(27-35)45-47-41-19-5-7-21-43(41)50-45)36-15-10-13-33(28-36)46-48-42-20-6-8-22-44(42)51-46/h1-29H. The van der Waals surface area contributed by atoms with Crippen LogP contribution in [0.5, 0.6) is 0 Å². The number of nitrogens with zero attached hydrogens (tertiary/aromatic N) is 3. The molecule has 0 radical (unpaired) electrons. The van der Waals surface area contributed by atoms with Crippen LogP contribution in [0.3, 0.4) is 0 Å². The van der Waals surface area contributed by atoms with Gasteiger partial charge >= 0.3 is 0 Å². The molecule has 0 spiro atoms. The third kappa shape index (κ3) is 5.11. The molecule has 0 unspecified atom stereocenters. The summed E-state index contributed by atoms with van der Waals surface area (Å²) < 4.78 is 12.4. The first-order valence-electron chi connectivity index (χ1n) is 17.0. The van der Waals surface area contributed by atoms with E-state index in [0.717, 1.165) is 56.0 Å². The van der Waals surface area contributed by atoms with Gasteiger partial charge in [-0.25, -0.2) is 9.97 Å². The maximum atomic E-state index is 6.19. The molecule has 8 aromatic carbocycles. The van der Waals surface area contributed by atoms with Gasteiger partial charge in [0.05, 0.1) is 0 Å². The van der Waals surface area contributed by atoms with Gasteiger partial charge in [-0.05, 0) is 112 Å². The molecule has 51 heavy (non-hydrogen) atoms. The predicted molar refractivity (Wildman–Crippen MR) is 208 cm³/mol. The van der Waals surface area contributed by atoms with Crippen LogP contribution in [0.25, 0.3) is 77.8 Å². The number of oxazole rings is 2. The molecule has 0 aliphatic rings. The van der Waals surface area contributed by atoms with Gasteiger partial charge in [-0.3, -0.25) is 0 Å². The number of para-hydroxylation sites is 4. The Morgan fingerprint density at radius 2 is 0.902 bits per heavy atom. The van der Waals surface area contributed by atoms with Crippen molar-refractivity contribution in [3.05, 3.63) is 176 Å². The van der Waals surface area contributed by atoms with Crippen molar-refractivity contribution < 1.29 is 8.83 Å². The summed E-state index contributed by atoms with van der Waals surface area (Å²) in [5, 5.41) is 4.97. The average molecular weight is 656 g/mol. The summed E-state index contributed by atoms with van der Waals surface area (Å²) in [4.78, 5) is 11.8. The zero-order valence-electron chi connectivity index (χ0n) is 27.4. The molecule has 0 N–H and O–H groups in total. The second kappa shape index (κ2) is 11.9. The summed E-state index contributed by atoms with van der Waals surface area (Å²) >= 11 is 0. The number of hydrogen-bond acceptors (Lipinski definition) is 5. The summed E-state index contributed by atoms with van der Waals surface area (Å²) in [6.45, 7) is 0. The van der Waals surface area contributed by atoms with E-state index in [2.05, 4.69) is 108 Å². The third-order valence-corrected chi connectivity index (χ3v) is 9.49. The average Bonchev–Trinajstić information content (AvgIpc) is 3.84. The van der Waals surface area contributed by atoms with Crippen LogP contribution in [-0.4, -0.2) is 9.97 Å². The topological polar surface area (TPSA) is 55.3 Å². The molecule has 0 aliphatic carbocycles. The molecule has 0 saturated carbocycles. The minimum Gasteiger partial charge on any atom is -0.436 e. The van der Waals surface area contributed by atoms with Crippen molar-refractivity contribution in [2.24, 2.45) is 0 Å². The van der Waals surface area contributed by atoms with Gasteiger partial charge in [-0.2, -0.15) is 0 Å². The number of fused-ring (bicyclic) bond motifs is 5. The van der Waals surface area contributed by atoms with E-state index in [9.17, 15) is 0 Å². The summed E-state index contributed by atoms with van der Waals surface area (Å²) in [5.41, 5.74) is 10.3. The lowest BCUT2D eigenvalue weighted by atomic mass is 9.93. The van der Waals surface area contributed by atoms with Crippen LogP contribution in [0.4, 0.5) is 17.1 Å². The van der Waals surface area contributed by atoms with Crippen LogP contribution < -0.4 is 4.90 Å². The summed E-state index contributed by atoms with van der Waals surface area (Å²) in [6, 6.07) is 60.7. The van der Waals surface area contributed by atoms with Gasteiger partial charge < -0.3 is 13.7 Å². The Balaban J connectivity index is 1.11. The highest BCUT2D eigenvalue weighted by Crippen LogP contribution is 2.41. The molecule has 0 atom stereocenters. The smallest absolute Gasteiger partial charge is 0.227 e. The molecule has 0 amide bonds. The highest BCUT2D eigenvalue weighted by atomic mass is 16.4. The molecule has 10 rings (SSSR count). The van der Waals surface area contributed by atoms with Crippen LogP contribution in [0, 0.1) is 0 Å². The van der Waals surface area contributed by atoms with E-state index in [1.54, 1.807) is 0 Å². The normalized spacial score (nSPS) is 11.5. The van der Waals surface area contributed by atoms with Gasteiger partial charge in [0.2, 0.25) is 11.8 Å². The summed E-state index contributed by atoms with van der Waals surface area (Å²) in [7, 11) is 0. The van der Waals surface area contributed by atoms with E-state index in [4.69, 9.17) is 18.8 Å². The van der Waals surface area contributed by atoms with Gasteiger partial charge in [-0.1, -0.05) is 97.1 Å². The first-order chi connectivity index (χ1) is 25.2. The number of anilines is 3.